The molecular weight excluding hydrogens is 250 g/mol. The molecule has 2 rings (SSSR count). The van der Waals surface area contributed by atoms with Crippen LogP contribution in [-0.4, -0.2) is 27.8 Å². The van der Waals surface area contributed by atoms with Crippen molar-refractivity contribution >= 4 is 28.5 Å². The Labute approximate surface area is 110 Å². The molecule has 1 heterocycles. The molecule has 1 N–H and O–H groups in total. The zero-order chi connectivity index (χ0) is 13.3. The maximum absolute atomic E-state index is 11.5. The Kier molecular flexibility index (Phi) is 3.39. The van der Waals surface area contributed by atoms with Crippen LogP contribution in [0.25, 0.3) is 11.0 Å². The van der Waals surface area contributed by atoms with Crippen LogP contribution in [0.15, 0.2) is 30.9 Å². The molecule has 94 valence electrons. The number of fused-ring (bicyclic) bond motifs is 1. The standard InChI is InChI=1S/C13H14ClN3O/c1-4-12(18)17(3)8(2)13-15-10-6-5-9(14)7-11(10)16-13/h4-8H,1H2,2-3H3,(H,15,16). The van der Waals surface area contributed by atoms with Crippen molar-refractivity contribution in [1.29, 1.82) is 0 Å². The number of aromatic nitrogens is 2. The zero-order valence-corrected chi connectivity index (χ0v) is 11.0. The van der Waals surface area contributed by atoms with Gasteiger partial charge < -0.3 is 9.88 Å². The van der Waals surface area contributed by atoms with Gasteiger partial charge in [-0.2, -0.15) is 0 Å². The van der Waals surface area contributed by atoms with Gasteiger partial charge in [-0.25, -0.2) is 4.98 Å². The third kappa shape index (κ3) is 2.24. The number of aromatic amines is 1. The van der Waals surface area contributed by atoms with E-state index in [1.165, 1.54) is 6.08 Å². The second kappa shape index (κ2) is 4.82. The number of H-pyrrole nitrogens is 1. The van der Waals surface area contributed by atoms with Crippen molar-refractivity contribution in [2.45, 2.75) is 13.0 Å². The molecule has 1 aromatic carbocycles. The molecule has 0 aliphatic rings. The van der Waals surface area contributed by atoms with E-state index in [1.807, 2.05) is 19.1 Å². The van der Waals surface area contributed by atoms with Crippen LogP contribution in [0.3, 0.4) is 0 Å². The highest BCUT2D eigenvalue weighted by molar-refractivity contribution is 6.31. The Morgan fingerprint density at radius 1 is 1.61 bits per heavy atom. The number of likely N-dealkylation sites (N-methyl/N-ethyl adjacent to an activating group) is 1. The van der Waals surface area contributed by atoms with Gasteiger partial charge in [0.05, 0.1) is 17.1 Å². The van der Waals surface area contributed by atoms with Crippen LogP contribution in [0.2, 0.25) is 5.02 Å². The van der Waals surface area contributed by atoms with Gasteiger partial charge >= 0.3 is 0 Å². The average molecular weight is 264 g/mol. The number of imidazole rings is 1. The second-order valence-electron chi connectivity index (χ2n) is 4.11. The molecule has 5 heteroatoms. The number of rotatable bonds is 3. The molecule has 18 heavy (non-hydrogen) atoms. The predicted molar refractivity (Wildman–Crippen MR) is 72.5 cm³/mol. The highest BCUT2D eigenvalue weighted by Gasteiger charge is 2.18. The maximum atomic E-state index is 11.5. The molecule has 0 spiro atoms. The largest absolute Gasteiger partial charge is 0.340 e. The summed E-state index contributed by atoms with van der Waals surface area (Å²) in [6.07, 6.45) is 1.29. The van der Waals surface area contributed by atoms with Gasteiger partial charge in [0.15, 0.2) is 0 Å². The van der Waals surface area contributed by atoms with E-state index in [0.29, 0.717) is 5.02 Å². The summed E-state index contributed by atoms with van der Waals surface area (Å²) in [6.45, 7) is 5.38. The van der Waals surface area contributed by atoms with Crippen LogP contribution in [0.5, 0.6) is 0 Å². The van der Waals surface area contributed by atoms with E-state index in [9.17, 15) is 4.79 Å². The van der Waals surface area contributed by atoms with Gasteiger partial charge in [-0.15, -0.1) is 0 Å². The lowest BCUT2D eigenvalue weighted by molar-refractivity contribution is -0.126. The van der Waals surface area contributed by atoms with Gasteiger partial charge in [-0.05, 0) is 31.2 Å². The molecule has 0 saturated heterocycles. The fourth-order valence-electron chi connectivity index (χ4n) is 1.72. The number of hydrogen-bond donors (Lipinski definition) is 1. The van der Waals surface area contributed by atoms with E-state index < -0.39 is 0 Å². The van der Waals surface area contributed by atoms with E-state index in [1.54, 1.807) is 18.0 Å². The first kappa shape index (κ1) is 12.6. The van der Waals surface area contributed by atoms with E-state index >= 15 is 0 Å². The van der Waals surface area contributed by atoms with Crippen LogP contribution in [0.1, 0.15) is 18.8 Å². The Morgan fingerprint density at radius 2 is 2.33 bits per heavy atom. The summed E-state index contributed by atoms with van der Waals surface area (Å²) in [6, 6.07) is 5.30. The molecule has 1 unspecified atom stereocenters. The molecule has 0 aliphatic heterocycles. The fraction of sp³-hybridized carbons (Fsp3) is 0.231. The third-order valence-electron chi connectivity index (χ3n) is 2.96. The van der Waals surface area contributed by atoms with Crippen molar-refractivity contribution in [2.24, 2.45) is 0 Å². The molecule has 0 bridgehead atoms. The first-order valence-corrected chi connectivity index (χ1v) is 5.95. The van der Waals surface area contributed by atoms with Crippen molar-refractivity contribution in [3.63, 3.8) is 0 Å². The summed E-state index contributed by atoms with van der Waals surface area (Å²) in [4.78, 5) is 20.7. The monoisotopic (exact) mass is 263 g/mol. The van der Waals surface area contributed by atoms with E-state index in [4.69, 9.17) is 11.6 Å². The Hall–Kier alpha value is -1.81. The van der Waals surface area contributed by atoms with Gasteiger partial charge in [-0.3, -0.25) is 4.79 Å². The van der Waals surface area contributed by atoms with Crippen molar-refractivity contribution < 1.29 is 4.79 Å². The molecule has 1 amide bonds. The normalized spacial score (nSPS) is 12.4. The molecule has 0 saturated carbocycles. The predicted octanol–water partition coefficient (Wildman–Crippen LogP) is 2.92. The number of carbonyl (C=O) groups excluding carboxylic acids is 1. The summed E-state index contributed by atoms with van der Waals surface area (Å²) >= 11 is 5.92. The van der Waals surface area contributed by atoms with Crippen LogP contribution in [-0.2, 0) is 4.79 Å². The molecule has 4 nitrogen and oxygen atoms in total. The Morgan fingerprint density at radius 3 is 3.00 bits per heavy atom. The lowest BCUT2D eigenvalue weighted by Gasteiger charge is -2.21. The van der Waals surface area contributed by atoms with Gasteiger partial charge in [0.25, 0.3) is 0 Å². The number of amides is 1. The first-order valence-electron chi connectivity index (χ1n) is 5.57. The quantitative estimate of drug-likeness (QED) is 0.866. The van der Waals surface area contributed by atoms with Crippen LogP contribution >= 0.6 is 11.6 Å². The summed E-state index contributed by atoms with van der Waals surface area (Å²) in [5, 5.41) is 0.654. The van der Waals surface area contributed by atoms with Crippen LogP contribution < -0.4 is 0 Å². The van der Waals surface area contributed by atoms with E-state index in [-0.39, 0.29) is 11.9 Å². The minimum absolute atomic E-state index is 0.138. The molecule has 2 aromatic rings. The third-order valence-corrected chi connectivity index (χ3v) is 3.20. The lowest BCUT2D eigenvalue weighted by atomic mass is 10.3. The summed E-state index contributed by atoms with van der Waals surface area (Å²) < 4.78 is 0. The van der Waals surface area contributed by atoms with Crippen molar-refractivity contribution in [2.75, 3.05) is 7.05 Å². The zero-order valence-electron chi connectivity index (χ0n) is 10.3. The van der Waals surface area contributed by atoms with Crippen molar-refractivity contribution in [3.8, 4) is 0 Å². The smallest absolute Gasteiger partial charge is 0.246 e. The van der Waals surface area contributed by atoms with Gasteiger partial charge in [0.1, 0.15) is 5.82 Å². The number of halogens is 1. The minimum atomic E-state index is -0.151. The molecule has 1 aromatic heterocycles. The second-order valence-corrected chi connectivity index (χ2v) is 4.55. The van der Waals surface area contributed by atoms with Gasteiger partial charge in [0.2, 0.25) is 5.91 Å². The number of benzene rings is 1. The lowest BCUT2D eigenvalue weighted by Crippen LogP contribution is -2.28. The average Bonchev–Trinajstić information content (AvgIpc) is 2.78. The Bertz CT molecular complexity index is 605. The summed E-state index contributed by atoms with van der Waals surface area (Å²) in [5.74, 6) is 0.589. The Balaban J connectivity index is 2.36. The van der Waals surface area contributed by atoms with E-state index in [0.717, 1.165) is 16.9 Å². The minimum Gasteiger partial charge on any atom is -0.340 e. The summed E-state index contributed by atoms with van der Waals surface area (Å²) in [5.41, 5.74) is 1.70. The van der Waals surface area contributed by atoms with Crippen molar-refractivity contribution in [3.05, 3.63) is 41.7 Å². The fourth-order valence-corrected chi connectivity index (χ4v) is 1.89. The van der Waals surface area contributed by atoms with Crippen LogP contribution in [0.4, 0.5) is 0 Å². The first-order chi connectivity index (χ1) is 8.52. The van der Waals surface area contributed by atoms with Gasteiger partial charge in [-0.1, -0.05) is 18.2 Å². The number of nitrogens with one attached hydrogen (secondary N) is 1. The maximum Gasteiger partial charge on any atom is 0.246 e. The number of carbonyl (C=O) groups is 1. The SMILES string of the molecule is C=CC(=O)N(C)C(C)c1nc2ccc(Cl)cc2[nH]1. The number of nitrogens with zero attached hydrogens (tertiary/aromatic N) is 2. The van der Waals surface area contributed by atoms with Gasteiger partial charge in [0, 0.05) is 12.1 Å². The highest BCUT2D eigenvalue weighted by atomic mass is 35.5. The highest BCUT2D eigenvalue weighted by Crippen LogP contribution is 2.22. The molecular formula is C13H14ClN3O. The molecule has 1 atom stereocenters. The van der Waals surface area contributed by atoms with E-state index in [2.05, 4.69) is 16.5 Å². The van der Waals surface area contributed by atoms with Crippen molar-refractivity contribution in [1.82, 2.24) is 14.9 Å². The molecule has 0 radical (unpaired) electrons. The number of hydrogen-bond acceptors (Lipinski definition) is 2. The molecule has 0 aliphatic carbocycles. The van der Waals surface area contributed by atoms with Crippen LogP contribution in [0, 0.1) is 0 Å². The molecule has 0 fully saturated rings. The summed E-state index contributed by atoms with van der Waals surface area (Å²) in [7, 11) is 1.72. The topological polar surface area (TPSA) is 49.0 Å².